The van der Waals surface area contributed by atoms with Gasteiger partial charge >= 0.3 is 12.1 Å². The van der Waals surface area contributed by atoms with E-state index in [-0.39, 0.29) is 28.2 Å². The molecule has 0 unspecified atom stereocenters. The van der Waals surface area contributed by atoms with E-state index in [1.54, 1.807) is 55.5 Å². The fourth-order valence-electron chi connectivity index (χ4n) is 4.81. The zero-order chi connectivity index (χ0) is 34.2. The number of non-ortho nitro benzene ring substituents is 1. The number of hydrogen-bond donors (Lipinski definition) is 0. The van der Waals surface area contributed by atoms with Gasteiger partial charge in [0.15, 0.2) is 0 Å². The van der Waals surface area contributed by atoms with E-state index in [2.05, 4.69) is 21.1 Å². The van der Waals surface area contributed by atoms with E-state index < -0.39 is 40.7 Å². The summed E-state index contributed by atoms with van der Waals surface area (Å²) in [5, 5.41) is 15.6. The Morgan fingerprint density at radius 3 is 1.98 bits per heavy atom. The summed E-state index contributed by atoms with van der Waals surface area (Å²) in [6.45, 7) is 0.934. The fourth-order valence-corrected chi connectivity index (χ4v) is 6.86. The highest BCUT2D eigenvalue weighted by Crippen LogP contribution is 2.45. The number of oxime groups is 1. The molecule has 0 aliphatic carbocycles. The molecule has 48 heavy (non-hydrogen) atoms. The maximum Gasteiger partial charge on any atom is 0.441 e. The number of nitrogens with zero attached hydrogens (tertiary/aromatic N) is 3. The molecule has 13 heteroatoms. The molecule has 1 heterocycles. The number of amides is 1. The Morgan fingerprint density at radius 1 is 0.875 bits per heavy atom. The van der Waals surface area contributed by atoms with Crippen molar-refractivity contribution >= 4 is 55.7 Å². The van der Waals surface area contributed by atoms with Crippen molar-refractivity contribution in [3.8, 4) is 10.4 Å². The van der Waals surface area contributed by atoms with Crippen LogP contribution in [0.3, 0.4) is 0 Å². The molecule has 5 aromatic rings. The lowest BCUT2D eigenvalue weighted by Gasteiger charge is -2.21. The van der Waals surface area contributed by atoms with E-state index in [9.17, 15) is 19.7 Å². The van der Waals surface area contributed by atoms with Crippen molar-refractivity contribution in [2.75, 3.05) is 11.5 Å². The molecule has 9 nitrogen and oxygen atoms in total. The Balaban J connectivity index is 1.68. The molecule has 4 aromatic carbocycles. The Labute approximate surface area is 286 Å². The van der Waals surface area contributed by atoms with Crippen LogP contribution in [-0.2, 0) is 21.4 Å². The quantitative estimate of drug-likeness (QED) is 0.0334. The third kappa shape index (κ3) is 7.48. The molecular weight excluding hydrogens is 708 g/mol. The minimum Gasteiger partial charge on any atom is -0.462 e. The second-order valence-corrected chi connectivity index (χ2v) is 11.6. The number of benzene rings is 4. The summed E-state index contributed by atoms with van der Waals surface area (Å²) in [7, 11) is 0. The lowest BCUT2D eigenvalue weighted by molar-refractivity contribution is -0.384. The Kier molecular flexibility index (Phi) is 11.0. The van der Waals surface area contributed by atoms with E-state index in [4.69, 9.17) is 9.57 Å². The summed E-state index contributed by atoms with van der Waals surface area (Å²) in [5.74, 6) is -2.64. The predicted molar refractivity (Wildman–Crippen MR) is 183 cm³/mol. The molecule has 0 atom stereocenters. The van der Waals surface area contributed by atoms with Crippen molar-refractivity contribution in [2.24, 2.45) is 5.16 Å². The van der Waals surface area contributed by atoms with Crippen molar-refractivity contribution in [3.63, 3.8) is 0 Å². The van der Waals surface area contributed by atoms with Gasteiger partial charge in [-0.15, -0.1) is 11.3 Å². The molecule has 0 aliphatic heterocycles. The summed E-state index contributed by atoms with van der Waals surface area (Å²) >= 11 is 4.38. The van der Waals surface area contributed by atoms with E-state index in [0.29, 0.717) is 32.8 Å². The number of carbonyl (C=O) groups excluding carboxylic acids is 2. The number of carbonyl (C=O) groups is 2. The predicted octanol–water partition coefficient (Wildman–Crippen LogP) is 9.27. The van der Waals surface area contributed by atoms with Crippen molar-refractivity contribution in [1.29, 1.82) is 0 Å². The SMILES string of the molecule is CCOC(=O)c1c(N(Cc2c(F)cccc2F)C(=O)ON=C(c2ccccc2)c2ccccc2)sc(-c2ccc([N+](=O)[O-])cc2)c1CBr. The number of nitro benzene ring substituents is 1. The highest BCUT2D eigenvalue weighted by molar-refractivity contribution is 9.08. The lowest BCUT2D eigenvalue weighted by Crippen LogP contribution is -2.32. The van der Waals surface area contributed by atoms with Crippen LogP contribution in [0.25, 0.3) is 10.4 Å². The minimum absolute atomic E-state index is 0.00307. The molecule has 0 aliphatic rings. The molecule has 1 amide bonds. The van der Waals surface area contributed by atoms with Gasteiger partial charge in [-0.1, -0.05) is 87.8 Å². The van der Waals surface area contributed by atoms with Crippen molar-refractivity contribution in [1.82, 2.24) is 0 Å². The van der Waals surface area contributed by atoms with Gasteiger partial charge in [0.2, 0.25) is 0 Å². The summed E-state index contributed by atoms with van der Waals surface area (Å²) < 4.78 is 35.5. The van der Waals surface area contributed by atoms with E-state index in [1.165, 1.54) is 30.3 Å². The van der Waals surface area contributed by atoms with Gasteiger partial charge in [-0.3, -0.25) is 19.9 Å². The van der Waals surface area contributed by atoms with Gasteiger partial charge < -0.3 is 4.74 Å². The zero-order valence-corrected chi connectivity index (χ0v) is 27.7. The number of esters is 1. The number of anilines is 1. The van der Waals surface area contributed by atoms with Crippen LogP contribution in [0.5, 0.6) is 0 Å². The smallest absolute Gasteiger partial charge is 0.441 e. The maximum atomic E-state index is 15.0. The summed E-state index contributed by atoms with van der Waals surface area (Å²) in [6.07, 6.45) is -1.13. The number of hydrogen-bond acceptors (Lipinski definition) is 8. The van der Waals surface area contributed by atoms with Gasteiger partial charge in [-0.2, -0.15) is 0 Å². The first-order chi connectivity index (χ1) is 23.2. The molecule has 0 saturated carbocycles. The van der Waals surface area contributed by atoms with Crippen LogP contribution in [0.2, 0.25) is 0 Å². The third-order valence-electron chi connectivity index (χ3n) is 7.09. The topological polar surface area (TPSA) is 111 Å². The molecule has 0 N–H and O–H groups in total. The molecule has 0 fully saturated rings. The molecule has 0 bridgehead atoms. The largest absolute Gasteiger partial charge is 0.462 e. The molecular formula is C35H26BrF2N3O6S. The van der Waals surface area contributed by atoms with Crippen LogP contribution in [0, 0.1) is 21.7 Å². The number of ether oxygens (including phenoxy) is 1. The van der Waals surface area contributed by atoms with Gasteiger partial charge in [-0.25, -0.2) is 18.4 Å². The molecule has 0 saturated heterocycles. The standard InChI is InChI=1S/C35H26BrF2N3O6S/c1-2-46-34(42)30-26(20-36)32(24-16-18-25(19-17-24)41(44)45)48-33(30)40(21-27-28(37)14-9-15-29(27)38)35(43)47-39-31(22-10-5-3-6-11-22)23-12-7-4-8-13-23/h3-19H,2,20-21H2,1H3. The van der Waals surface area contributed by atoms with Crippen molar-refractivity contribution in [3.05, 3.63) is 153 Å². The Bertz CT molecular complexity index is 1910. The van der Waals surface area contributed by atoms with Gasteiger partial charge in [0, 0.05) is 39.0 Å². The van der Waals surface area contributed by atoms with Gasteiger partial charge in [-0.05, 0) is 42.3 Å². The van der Waals surface area contributed by atoms with Crippen molar-refractivity contribution in [2.45, 2.75) is 18.8 Å². The van der Waals surface area contributed by atoms with E-state index in [1.807, 2.05) is 12.1 Å². The lowest BCUT2D eigenvalue weighted by atomic mass is 10.0. The first kappa shape index (κ1) is 34.1. The second-order valence-electron chi connectivity index (χ2n) is 10.1. The normalized spacial score (nSPS) is 10.7. The van der Waals surface area contributed by atoms with Gasteiger partial charge in [0.05, 0.1) is 23.6 Å². The first-order valence-corrected chi connectivity index (χ1v) is 16.4. The average molecular weight is 735 g/mol. The number of nitro groups is 1. The molecule has 0 spiro atoms. The first-order valence-electron chi connectivity index (χ1n) is 14.5. The third-order valence-corrected chi connectivity index (χ3v) is 8.96. The highest BCUT2D eigenvalue weighted by Gasteiger charge is 2.33. The van der Waals surface area contributed by atoms with E-state index >= 15 is 8.78 Å². The molecule has 1 aromatic heterocycles. The number of thiophene rings is 1. The monoisotopic (exact) mass is 733 g/mol. The van der Waals surface area contributed by atoms with Crippen molar-refractivity contribution < 1.29 is 32.9 Å². The Morgan fingerprint density at radius 2 is 1.46 bits per heavy atom. The number of rotatable bonds is 11. The summed E-state index contributed by atoms with van der Waals surface area (Å²) in [6, 6.07) is 26.9. The summed E-state index contributed by atoms with van der Waals surface area (Å²) in [4.78, 5) is 45.2. The van der Waals surface area contributed by atoms with Crippen LogP contribution < -0.4 is 4.90 Å². The second kappa shape index (κ2) is 15.5. The van der Waals surface area contributed by atoms with Crippen LogP contribution in [0.15, 0.2) is 108 Å². The van der Waals surface area contributed by atoms with Crippen LogP contribution in [0.4, 0.5) is 24.3 Å². The molecule has 0 radical (unpaired) electrons. The van der Waals surface area contributed by atoms with Crippen LogP contribution >= 0.6 is 27.3 Å². The number of alkyl halides is 1. The maximum absolute atomic E-state index is 15.0. The molecule has 5 rings (SSSR count). The van der Waals surface area contributed by atoms with Crippen LogP contribution in [0.1, 0.15) is 39.5 Å². The average Bonchev–Trinajstić information content (AvgIpc) is 3.49. The number of halogens is 3. The summed E-state index contributed by atoms with van der Waals surface area (Å²) in [5.41, 5.74) is 1.82. The fraction of sp³-hybridized carbons (Fsp3) is 0.114. The zero-order valence-electron chi connectivity index (χ0n) is 25.3. The minimum atomic E-state index is -1.13. The van der Waals surface area contributed by atoms with Crippen LogP contribution in [-0.4, -0.2) is 29.3 Å². The highest BCUT2D eigenvalue weighted by atomic mass is 79.9. The van der Waals surface area contributed by atoms with Gasteiger partial charge in [0.25, 0.3) is 5.69 Å². The molecule has 244 valence electrons. The van der Waals surface area contributed by atoms with Gasteiger partial charge in [0.1, 0.15) is 22.3 Å². The van der Waals surface area contributed by atoms with E-state index in [0.717, 1.165) is 28.4 Å². The Hall–Kier alpha value is -5.27.